The third-order valence-corrected chi connectivity index (χ3v) is 5.10. The lowest BCUT2D eigenvalue weighted by molar-refractivity contribution is -0.0381. The average Bonchev–Trinajstić information content (AvgIpc) is 2.61. The van der Waals surface area contributed by atoms with Crippen LogP contribution in [0.25, 0.3) is 0 Å². The molecule has 22 heavy (non-hydrogen) atoms. The summed E-state index contributed by atoms with van der Waals surface area (Å²) in [7, 11) is 0. The van der Waals surface area contributed by atoms with Gasteiger partial charge in [-0.2, -0.15) is 0 Å². The summed E-state index contributed by atoms with van der Waals surface area (Å²) in [6.45, 7) is 3.10. The molecule has 2 aliphatic heterocycles. The molecule has 0 unspecified atom stereocenters. The summed E-state index contributed by atoms with van der Waals surface area (Å²) in [5, 5.41) is 3.78. The number of hydrogen-bond acceptors (Lipinski definition) is 2. The highest BCUT2D eigenvalue weighted by Gasteiger charge is 2.39. The normalized spacial score (nSPS) is 26.7. The highest BCUT2D eigenvalue weighted by atomic mass is 16.5. The first-order chi connectivity index (χ1) is 10.9. The Hall–Kier alpha value is -1.80. The number of nitrogens with one attached hydrogen (secondary N) is 1. The van der Waals surface area contributed by atoms with Crippen molar-refractivity contribution in [2.75, 3.05) is 11.9 Å². The number of ether oxygens (including phenoxy) is 1. The smallest absolute Gasteiger partial charge is 0.0895 e. The van der Waals surface area contributed by atoms with Crippen molar-refractivity contribution in [1.29, 1.82) is 0 Å². The molecule has 2 heterocycles. The molecule has 0 aromatic heterocycles. The van der Waals surface area contributed by atoms with Gasteiger partial charge in [-0.05, 0) is 36.5 Å². The Morgan fingerprint density at radius 3 is 2.82 bits per heavy atom. The van der Waals surface area contributed by atoms with E-state index in [0.717, 1.165) is 19.4 Å². The van der Waals surface area contributed by atoms with E-state index in [9.17, 15) is 0 Å². The van der Waals surface area contributed by atoms with Crippen LogP contribution in [-0.4, -0.2) is 6.61 Å². The van der Waals surface area contributed by atoms with E-state index < -0.39 is 0 Å². The average molecular weight is 293 g/mol. The third kappa shape index (κ3) is 2.32. The SMILES string of the molecule is CCc1ccc2c(c1)[C@@H]1OCCC[C@H]1[C@@H](c1ccccc1)N2. The van der Waals surface area contributed by atoms with Crippen LogP contribution >= 0.6 is 0 Å². The number of fused-ring (bicyclic) bond motifs is 3. The van der Waals surface area contributed by atoms with Gasteiger partial charge in [0.15, 0.2) is 0 Å². The lowest BCUT2D eigenvalue weighted by Crippen LogP contribution is -2.36. The van der Waals surface area contributed by atoms with E-state index >= 15 is 0 Å². The summed E-state index contributed by atoms with van der Waals surface area (Å²) in [5.74, 6) is 0.524. The van der Waals surface area contributed by atoms with Crippen molar-refractivity contribution in [3.63, 3.8) is 0 Å². The van der Waals surface area contributed by atoms with Crippen LogP contribution in [0.15, 0.2) is 48.5 Å². The molecule has 0 amide bonds. The maximum Gasteiger partial charge on any atom is 0.0895 e. The fourth-order valence-electron chi connectivity index (χ4n) is 3.93. The molecule has 0 aliphatic carbocycles. The van der Waals surface area contributed by atoms with Gasteiger partial charge in [0.05, 0.1) is 12.1 Å². The van der Waals surface area contributed by atoms with E-state index in [4.69, 9.17) is 4.74 Å². The summed E-state index contributed by atoms with van der Waals surface area (Å²) < 4.78 is 6.22. The first-order valence-corrected chi connectivity index (χ1v) is 8.42. The van der Waals surface area contributed by atoms with Crippen LogP contribution in [0.4, 0.5) is 5.69 Å². The van der Waals surface area contributed by atoms with Crippen LogP contribution in [-0.2, 0) is 11.2 Å². The molecule has 114 valence electrons. The Morgan fingerprint density at radius 2 is 2.00 bits per heavy atom. The molecule has 1 saturated heterocycles. The van der Waals surface area contributed by atoms with E-state index in [2.05, 4.69) is 60.8 Å². The lowest BCUT2D eigenvalue weighted by atomic mass is 9.77. The molecule has 2 aromatic carbocycles. The van der Waals surface area contributed by atoms with Gasteiger partial charge < -0.3 is 10.1 Å². The minimum atomic E-state index is 0.238. The standard InChI is InChI=1S/C20H23NO/c1-2-14-10-11-18-17(13-14)20-16(9-6-12-22-20)19(21-18)15-7-4-3-5-8-15/h3-5,7-8,10-11,13,16,19-21H,2,6,9,12H2,1H3/t16-,19+,20+/m0/s1. The van der Waals surface area contributed by atoms with Gasteiger partial charge in [-0.1, -0.05) is 49.4 Å². The van der Waals surface area contributed by atoms with Crippen LogP contribution in [0.3, 0.4) is 0 Å². The molecule has 1 N–H and O–H groups in total. The van der Waals surface area contributed by atoms with Crippen LogP contribution in [0.1, 0.15) is 48.6 Å². The monoisotopic (exact) mass is 293 g/mol. The van der Waals surface area contributed by atoms with Crippen LogP contribution in [0.5, 0.6) is 0 Å². The number of anilines is 1. The van der Waals surface area contributed by atoms with E-state index in [-0.39, 0.29) is 6.10 Å². The number of rotatable bonds is 2. The van der Waals surface area contributed by atoms with Crippen LogP contribution < -0.4 is 5.32 Å². The molecule has 2 nitrogen and oxygen atoms in total. The predicted molar refractivity (Wildman–Crippen MR) is 90.0 cm³/mol. The van der Waals surface area contributed by atoms with Crippen molar-refractivity contribution in [1.82, 2.24) is 0 Å². The molecule has 0 spiro atoms. The van der Waals surface area contributed by atoms with Gasteiger partial charge in [-0.25, -0.2) is 0 Å². The van der Waals surface area contributed by atoms with E-state index in [1.165, 1.54) is 28.8 Å². The highest BCUT2D eigenvalue weighted by Crippen LogP contribution is 2.49. The zero-order chi connectivity index (χ0) is 14.9. The molecule has 1 fully saturated rings. The topological polar surface area (TPSA) is 21.3 Å². The number of benzene rings is 2. The molecule has 3 atom stereocenters. The summed E-state index contributed by atoms with van der Waals surface area (Å²) in [5.41, 5.74) is 5.37. The van der Waals surface area contributed by atoms with Gasteiger partial charge in [0.1, 0.15) is 0 Å². The zero-order valence-corrected chi connectivity index (χ0v) is 13.1. The lowest BCUT2D eigenvalue weighted by Gasteiger charge is -2.43. The quantitative estimate of drug-likeness (QED) is 0.851. The van der Waals surface area contributed by atoms with Crippen molar-refractivity contribution in [3.8, 4) is 0 Å². The van der Waals surface area contributed by atoms with Gasteiger partial charge >= 0.3 is 0 Å². The molecule has 4 rings (SSSR count). The Balaban J connectivity index is 1.77. The number of aryl methyl sites for hydroxylation is 1. The van der Waals surface area contributed by atoms with Crippen molar-refractivity contribution in [2.24, 2.45) is 5.92 Å². The largest absolute Gasteiger partial charge is 0.378 e. The van der Waals surface area contributed by atoms with Gasteiger partial charge in [0, 0.05) is 23.8 Å². The maximum atomic E-state index is 6.22. The first kappa shape index (κ1) is 13.8. The van der Waals surface area contributed by atoms with Crippen LogP contribution in [0, 0.1) is 5.92 Å². The fourth-order valence-corrected chi connectivity index (χ4v) is 3.93. The molecule has 2 aromatic rings. The molecular formula is C20H23NO. The van der Waals surface area contributed by atoms with Crippen molar-refractivity contribution in [3.05, 3.63) is 65.2 Å². The van der Waals surface area contributed by atoms with Gasteiger partial charge in [0.2, 0.25) is 0 Å². The molecular weight excluding hydrogens is 270 g/mol. The van der Waals surface area contributed by atoms with Crippen molar-refractivity contribution >= 4 is 5.69 Å². The molecule has 0 saturated carbocycles. The second-order valence-corrected chi connectivity index (χ2v) is 6.41. The highest BCUT2D eigenvalue weighted by molar-refractivity contribution is 5.58. The summed E-state index contributed by atoms with van der Waals surface area (Å²) >= 11 is 0. The van der Waals surface area contributed by atoms with E-state index in [1.807, 2.05) is 0 Å². The molecule has 2 heteroatoms. The Morgan fingerprint density at radius 1 is 1.14 bits per heavy atom. The zero-order valence-electron chi connectivity index (χ0n) is 13.1. The fraction of sp³-hybridized carbons (Fsp3) is 0.400. The van der Waals surface area contributed by atoms with Gasteiger partial charge in [-0.3, -0.25) is 0 Å². The number of hydrogen-bond donors (Lipinski definition) is 1. The molecule has 2 aliphatic rings. The van der Waals surface area contributed by atoms with Crippen LogP contribution in [0.2, 0.25) is 0 Å². The Labute approximate surface area is 132 Å². The van der Waals surface area contributed by atoms with Gasteiger partial charge in [-0.15, -0.1) is 0 Å². The van der Waals surface area contributed by atoms with Crippen molar-refractivity contribution in [2.45, 2.75) is 38.3 Å². The minimum Gasteiger partial charge on any atom is -0.378 e. The summed E-state index contributed by atoms with van der Waals surface area (Å²) in [6, 6.07) is 18.0. The maximum absolute atomic E-state index is 6.22. The summed E-state index contributed by atoms with van der Waals surface area (Å²) in [4.78, 5) is 0. The third-order valence-electron chi connectivity index (χ3n) is 5.10. The minimum absolute atomic E-state index is 0.238. The summed E-state index contributed by atoms with van der Waals surface area (Å²) in [6.07, 6.45) is 3.70. The first-order valence-electron chi connectivity index (χ1n) is 8.42. The molecule has 0 radical (unpaired) electrons. The second kappa shape index (κ2) is 5.77. The Kier molecular flexibility index (Phi) is 3.63. The van der Waals surface area contributed by atoms with Crippen molar-refractivity contribution < 1.29 is 4.74 Å². The predicted octanol–water partition coefficient (Wildman–Crippen LogP) is 4.88. The van der Waals surface area contributed by atoms with E-state index in [1.54, 1.807) is 0 Å². The van der Waals surface area contributed by atoms with E-state index in [0.29, 0.717) is 12.0 Å². The molecule has 0 bridgehead atoms. The Bertz CT molecular complexity index is 652. The second-order valence-electron chi connectivity index (χ2n) is 6.41. The van der Waals surface area contributed by atoms with Gasteiger partial charge in [0.25, 0.3) is 0 Å².